The monoisotopic (exact) mass is 522 g/mol. The van der Waals surface area contributed by atoms with Gasteiger partial charge in [-0.1, -0.05) is 18.2 Å². The van der Waals surface area contributed by atoms with Crippen LogP contribution in [0.25, 0.3) is 22.8 Å². The van der Waals surface area contributed by atoms with Gasteiger partial charge in [-0.2, -0.15) is 0 Å². The van der Waals surface area contributed by atoms with E-state index in [1.54, 1.807) is 26.4 Å². The van der Waals surface area contributed by atoms with Crippen molar-refractivity contribution in [3.8, 4) is 34.3 Å². The first-order valence-electron chi connectivity index (χ1n) is 12.8. The zero-order chi connectivity index (χ0) is 26.8. The lowest BCUT2D eigenvalue weighted by atomic mass is 9.98. The summed E-state index contributed by atoms with van der Waals surface area (Å²) >= 11 is 0. The van der Waals surface area contributed by atoms with Crippen LogP contribution < -0.4 is 15.2 Å². The number of tetrazole rings is 1. The molecular weight excluding hydrogens is 492 g/mol. The number of ether oxygens (including phenoxy) is 2. The van der Waals surface area contributed by atoms with E-state index in [1.165, 1.54) is 27.2 Å². The van der Waals surface area contributed by atoms with Gasteiger partial charge in [0, 0.05) is 55.0 Å². The molecule has 198 valence electrons. The van der Waals surface area contributed by atoms with E-state index in [4.69, 9.17) is 15.2 Å². The normalized spacial score (nSPS) is 13.3. The largest absolute Gasteiger partial charge is 0.493 e. The van der Waals surface area contributed by atoms with Gasteiger partial charge in [-0.3, -0.25) is 4.90 Å². The summed E-state index contributed by atoms with van der Waals surface area (Å²) in [7, 11) is 3.15. The van der Waals surface area contributed by atoms with E-state index in [1.807, 2.05) is 30.9 Å². The number of anilines is 1. The first-order valence-corrected chi connectivity index (χ1v) is 12.8. The van der Waals surface area contributed by atoms with Crippen LogP contribution in [0.15, 0.2) is 73.3 Å². The van der Waals surface area contributed by atoms with Gasteiger partial charge in [0.1, 0.15) is 0 Å². The molecule has 10 nitrogen and oxygen atoms in total. The Kier molecular flexibility index (Phi) is 6.68. The molecule has 2 aromatic heterocycles. The smallest absolute Gasteiger partial charge is 0.207 e. The van der Waals surface area contributed by atoms with E-state index in [0.717, 1.165) is 38.2 Å². The Labute approximate surface area is 226 Å². The maximum absolute atomic E-state index is 6.21. The molecule has 1 aliphatic rings. The van der Waals surface area contributed by atoms with Crippen molar-refractivity contribution < 1.29 is 9.47 Å². The average Bonchev–Trinajstić information content (AvgIpc) is 3.69. The minimum Gasteiger partial charge on any atom is -0.493 e. The predicted octanol–water partition coefficient (Wildman–Crippen LogP) is 3.72. The topological polar surface area (TPSA) is 109 Å². The van der Waals surface area contributed by atoms with E-state index in [2.05, 4.69) is 60.2 Å². The van der Waals surface area contributed by atoms with Crippen LogP contribution in [-0.4, -0.2) is 62.0 Å². The van der Waals surface area contributed by atoms with Crippen LogP contribution in [0.4, 0.5) is 5.69 Å². The van der Waals surface area contributed by atoms with E-state index in [9.17, 15) is 0 Å². The molecule has 3 aromatic carbocycles. The molecule has 10 heteroatoms. The highest BCUT2D eigenvalue weighted by Crippen LogP contribution is 2.35. The van der Waals surface area contributed by atoms with Gasteiger partial charge in [-0.15, -0.1) is 15.0 Å². The molecule has 0 spiro atoms. The number of nitrogens with zero attached hydrogens (tertiary/aromatic N) is 7. The standard InChI is InChI=1S/C29H30N8O2/c1-38-27-16-25(26(30)17-28(27)39-2)29-32-34-37(33-29)23-6-3-20(4-7-23)9-12-35-13-10-21-15-24(8-5-22(21)18-35)36-14-11-31-19-36/h3-8,11,14-17,19H,9-10,12-13,18,30H2,1-2H3. The second-order valence-corrected chi connectivity index (χ2v) is 9.56. The van der Waals surface area contributed by atoms with Gasteiger partial charge in [0.15, 0.2) is 11.5 Å². The second kappa shape index (κ2) is 10.6. The Bertz CT molecular complexity index is 1580. The number of aromatic nitrogens is 6. The molecule has 0 atom stereocenters. The molecule has 0 saturated carbocycles. The highest BCUT2D eigenvalue weighted by Gasteiger charge is 2.18. The van der Waals surface area contributed by atoms with Gasteiger partial charge in [0.2, 0.25) is 5.82 Å². The summed E-state index contributed by atoms with van der Waals surface area (Å²) in [5, 5.41) is 13.0. The third-order valence-corrected chi connectivity index (χ3v) is 7.18. The Morgan fingerprint density at radius 2 is 1.72 bits per heavy atom. The van der Waals surface area contributed by atoms with Crippen molar-refractivity contribution >= 4 is 5.69 Å². The number of fused-ring (bicyclic) bond motifs is 1. The van der Waals surface area contributed by atoms with Crippen LogP contribution in [0.1, 0.15) is 16.7 Å². The summed E-state index contributed by atoms with van der Waals surface area (Å²) in [4.78, 5) is 8.19. The number of benzene rings is 3. The lowest BCUT2D eigenvalue weighted by molar-refractivity contribution is 0.257. The summed E-state index contributed by atoms with van der Waals surface area (Å²) in [5.41, 5.74) is 13.4. The minimum absolute atomic E-state index is 0.417. The number of hydrogen-bond donors (Lipinski definition) is 1. The molecule has 2 N–H and O–H groups in total. The summed E-state index contributed by atoms with van der Waals surface area (Å²) in [6.07, 6.45) is 7.66. The fourth-order valence-electron chi connectivity index (χ4n) is 4.96. The maximum atomic E-state index is 6.21. The molecule has 6 rings (SSSR count). The molecule has 0 unspecified atom stereocenters. The van der Waals surface area contributed by atoms with Gasteiger partial charge < -0.3 is 19.8 Å². The predicted molar refractivity (Wildman–Crippen MR) is 148 cm³/mol. The number of methoxy groups -OCH3 is 2. The van der Waals surface area contributed by atoms with Crippen LogP contribution in [0.3, 0.4) is 0 Å². The third-order valence-electron chi connectivity index (χ3n) is 7.18. The van der Waals surface area contributed by atoms with Gasteiger partial charge in [0.25, 0.3) is 0 Å². The molecule has 0 bridgehead atoms. The number of rotatable bonds is 8. The fourth-order valence-corrected chi connectivity index (χ4v) is 4.96. The highest BCUT2D eigenvalue weighted by atomic mass is 16.5. The van der Waals surface area contributed by atoms with Crippen LogP contribution >= 0.6 is 0 Å². The van der Waals surface area contributed by atoms with Gasteiger partial charge in [-0.25, -0.2) is 4.98 Å². The Morgan fingerprint density at radius 3 is 2.49 bits per heavy atom. The van der Waals surface area contributed by atoms with Crippen molar-refractivity contribution in [2.24, 2.45) is 0 Å². The summed E-state index contributed by atoms with van der Waals surface area (Å²) in [6.45, 7) is 3.04. The molecule has 3 heterocycles. The van der Waals surface area contributed by atoms with E-state index in [-0.39, 0.29) is 0 Å². The van der Waals surface area contributed by atoms with Gasteiger partial charge in [0.05, 0.1) is 26.2 Å². The van der Waals surface area contributed by atoms with Crippen molar-refractivity contribution in [2.75, 3.05) is 33.0 Å². The number of hydrogen-bond acceptors (Lipinski definition) is 8. The molecule has 0 radical (unpaired) electrons. The second-order valence-electron chi connectivity index (χ2n) is 9.56. The lowest BCUT2D eigenvalue weighted by Crippen LogP contribution is -2.32. The number of nitrogens with two attached hydrogens (primary N) is 1. The maximum Gasteiger partial charge on any atom is 0.207 e. The average molecular weight is 523 g/mol. The molecule has 5 aromatic rings. The third kappa shape index (κ3) is 5.06. The van der Waals surface area contributed by atoms with Crippen molar-refractivity contribution in [2.45, 2.75) is 19.4 Å². The molecule has 39 heavy (non-hydrogen) atoms. The van der Waals surface area contributed by atoms with Crippen molar-refractivity contribution in [3.63, 3.8) is 0 Å². The van der Waals surface area contributed by atoms with Crippen molar-refractivity contribution in [1.82, 2.24) is 34.7 Å². The Morgan fingerprint density at radius 1 is 0.923 bits per heavy atom. The first kappa shape index (κ1) is 24.6. The van der Waals surface area contributed by atoms with E-state index >= 15 is 0 Å². The quantitative estimate of drug-likeness (QED) is 0.307. The van der Waals surface area contributed by atoms with Crippen LogP contribution in [0.5, 0.6) is 11.5 Å². The minimum atomic E-state index is 0.417. The van der Waals surface area contributed by atoms with Gasteiger partial charge in [-0.05, 0) is 65.1 Å². The fraction of sp³-hybridized carbons (Fsp3) is 0.241. The SMILES string of the molecule is COc1cc(N)c(-c2nnn(-c3ccc(CCN4CCc5cc(-n6ccnc6)ccc5C4)cc3)n2)cc1OC. The summed E-state index contributed by atoms with van der Waals surface area (Å²) in [5.74, 6) is 1.52. The Hall–Kier alpha value is -4.70. The molecular formula is C29H30N8O2. The van der Waals surface area contributed by atoms with Crippen LogP contribution in [0.2, 0.25) is 0 Å². The zero-order valence-electron chi connectivity index (χ0n) is 22.0. The molecule has 0 aliphatic carbocycles. The Balaban J connectivity index is 1.09. The van der Waals surface area contributed by atoms with Crippen LogP contribution in [0, 0.1) is 0 Å². The van der Waals surface area contributed by atoms with Crippen molar-refractivity contribution in [1.29, 1.82) is 0 Å². The highest BCUT2D eigenvalue weighted by molar-refractivity contribution is 5.75. The molecule has 1 aliphatic heterocycles. The number of nitrogen functional groups attached to an aromatic ring is 1. The molecule has 0 saturated heterocycles. The summed E-state index contributed by atoms with van der Waals surface area (Å²) < 4.78 is 12.8. The lowest BCUT2D eigenvalue weighted by Gasteiger charge is -2.29. The molecule has 0 amide bonds. The van der Waals surface area contributed by atoms with Gasteiger partial charge >= 0.3 is 0 Å². The van der Waals surface area contributed by atoms with E-state index in [0.29, 0.717) is 28.6 Å². The zero-order valence-corrected chi connectivity index (χ0v) is 22.0. The summed E-state index contributed by atoms with van der Waals surface area (Å²) in [6, 6.07) is 18.4. The van der Waals surface area contributed by atoms with Crippen LogP contribution in [-0.2, 0) is 19.4 Å². The first-order chi connectivity index (χ1) is 19.1. The number of imidazole rings is 1. The van der Waals surface area contributed by atoms with Crippen molar-refractivity contribution in [3.05, 3.63) is 90.0 Å². The molecule has 0 fully saturated rings. The van der Waals surface area contributed by atoms with E-state index < -0.39 is 0 Å².